The highest BCUT2D eigenvalue weighted by Crippen LogP contribution is 2.21. The van der Waals surface area contributed by atoms with Crippen LogP contribution in [-0.2, 0) is 17.5 Å². The summed E-state index contributed by atoms with van der Waals surface area (Å²) in [5, 5.41) is 4.03. The molecule has 0 spiro atoms. The molecule has 1 saturated heterocycles. The fourth-order valence-electron chi connectivity index (χ4n) is 2.82. The highest BCUT2D eigenvalue weighted by atomic mass is 32.2. The number of ether oxygens (including phenoxy) is 1. The van der Waals surface area contributed by atoms with Gasteiger partial charge in [0.05, 0.1) is 12.1 Å². The van der Waals surface area contributed by atoms with Crippen LogP contribution in [0.2, 0.25) is 0 Å². The van der Waals surface area contributed by atoms with Crippen LogP contribution in [0.3, 0.4) is 0 Å². The minimum atomic E-state index is -0.0400. The number of thioether (sulfide) groups is 1. The molecule has 1 fully saturated rings. The largest absolute Gasteiger partial charge is 0.376 e. The molecule has 2 aromatic rings. The van der Waals surface area contributed by atoms with Gasteiger partial charge in [0, 0.05) is 37.4 Å². The van der Waals surface area contributed by atoms with E-state index in [9.17, 15) is 4.79 Å². The second kappa shape index (κ2) is 7.85. The van der Waals surface area contributed by atoms with Gasteiger partial charge in [-0.15, -0.1) is 0 Å². The standard InChI is InChI=1S/C18H23N3O2S/c1-13(16-7-4-10-23-16)20-17(22)15-6-3-5-14(11-15)12-24-18-19-8-9-21(18)2/h3,5-6,8-9,11,13,16H,4,7,10,12H2,1-2H3,(H,20,22)/t13-,16-/m1/s1. The van der Waals surface area contributed by atoms with Gasteiger partial charge in [-0.25, -0.2) is 4.98 Å². The SMILES string of the molecule is C[C@@H](NC(=O)c1cccc(CSc2nccn2C)c1)[C@H]1CCCO1. The van der Waals surface area contributed by atoms with Crippen LogP contribution in [0.1, 0.15) is 35.7 Å². The Morgan fingerprint density at radius 1 is 1.54 bits per heavy atom. The summed E-state index contributed by atoms with van der Waals surface area (Å²) < 4.78 is 7.63. The summed E-state index contributed by atoms with van der Waals surface area (Å²) >= 11 is 1.66. The third-order valence-corrected chi connectivity index (χ3v) is 5.34. The highest BCUT2D eigenvalue weighted by molar-refractivity contribution is 7.98. The summed E-state index contributed by atoms with van der Waals surface area (Å²) in [6.07, 6.45) is 5.94. The van der Waals surface area contributed by atoms with Crippen LogP contribution in [0, 0.1) is 0 Å². The molecule has 0 radical (unpaired) electrons. The van der Waals surface area contributed by atoms with Crippen molar-refractivity contribution in [2.75, 3.05) is 6.61 Å². The Morgan fingerprint density at radius 3 is 3.12 bits per heavy atom. The summed E-state index contributed by atoms with van der Waals surface area (Å²) in [6.45, 7) is 2.80. The van der Waals surface area contributed by atoms with Crippen molar-refractivity contribution in [1.29, 1.82) is 0 Å². The van der Waals surface area contributed by atoms with Crippen molar-refractivity contribution in [2.24, 2.45) is 7.05 Å². The lowest BCUT2D eigenvalue weighted by Crippen LogP contribution is -2.40. The van der Waals surface area contributed by atoms with E-state index in [0.717, 1.165) is 35.9 Å². The zero-order valence-corrected chi connectivity index (χ0v) is 14.9. The smallest absolute Gasteiger partial charge is 0.251 e. The van der Waals surface area contributed by atoms with Gasteiger partial charge in [-0.3, -0.25) is 4.79 Å². The maximum atomic E-state index is 12.5. The third kappa shape index (κ3) is 4.19. The van der Waals surface area contributed by atoms with Crippen LogP contribution < -0.4 is 5.32 Å². The normalized spacial score (nSPS) is 18.5. The lowest BCUT2D eigenvalue weighted by Gasteiger charge is -2.20. The first-order valence-electron chi connectivity index (χ1n) is 8.25. The van der Waals surface area contributed by atoms with Crippen molar-refractivity contribution < 1.29 is 9.53 Å². The van der Waals surface area contributed by atoms with E-state index < -0.39 is 0 Å². The molecule has 2 heterocycles. The summed E-state index contributed by atoms with van der Waals surface area (Å²) in [5.74, 6) is 0.745. The summed E-state index contributed by atoms with van der Waals surface area (Å²) in [7, 11) is 1.98. The van der Waals surface area contributed by atoms with Crippen LogP contribution >= 0.6 is 11.8 Å². The van der Waals surface area contributed by atoms with Crippen LogP contribution in [0.5, 0.6) is 0 Å². The first-order chi connectivity index (χ1) is 11.6. The van der Waals surface area contributed by atoms with E-state index in [1.165, 1.54) is 0 Å². The lowest BCUT2D eigenvalue weighted by molar-refractivity contribution is 0.0712. The molecule has 1 aliphatic rings. The zero-order valence-electron chi connectivity index (χ0n) is 14.1. The number of amides is 1. The molecule has 1 aliphatic heterocycles. The first-order valence-corrected chi connectivity index (χ1v) is 9.23. The minimum absolute atomic E-state index is 0.0330. The molecule has 0 bridgehead atoms. The average molecular weight is 345 g/mol. The van der Waals surface area contributed by atoms with Gasteiger partial charge in [0.25, 0.3) is 5.91 Å². The Morgan fingerprint density at radius 2 is 2.42 bits per heavy atom. The monoisotopic (exact) mass is 345 g/mol. The second-order valence-electron chi connectivity index (χ2n) is 6.12. The van der Waals surface area contributed by atoms with Gasteiger partial charge in [0.15, 0.2) is 5.16 Å². The van der Waals surface area contributed by atoms with Crippen molar-refractivity contribution in [3.8, 4) is 0 Å². The van der Waals surface area contributed by atoms with E-state index in [1.807, 2.05) is 49.0 Å². The Labute approximate surface area is 146 Å². The van der Waals surface area contributed by atoms with E-state index in [1.54, 1.807) is 18.0 Å². The van der Waals surface area contributed by atoms with Crippen LogP contribution in [-0.4, -0.2) is 34.2 Å². The number of hydrogen-bond donors (Lipinski definition) is 1. The van der Waals surface area contributed by atoms with Gasteiger partial charge in [-0.2, -0.15) is 0 Å². The minimum Gasteiger partial charge on any atom is -0.376 e. The number of rotatable bonds is 6. The molecule has 3 rings (SSSR count). The first kappa shape index (κ1) is 17.0. The van der Waals surface area contributed by atoms with Gasteiger partial charge < -0.3 is 14.6 Å². The number of carbonyl (C=O) groups is 1. The third-order valence-electron chi connectivity index (χ3n) is 4.22. The highest BCUT2D eigenvalue weighted by Gasteiger charge is 2.24. The Balaban J connectivity index is 1.59. The molecule has 1 aromatic heterocycles. The summed E-state index contributed by atoms with van der Waals surface area (Å²) in [6, 6.07) is 7.81. The van der Waals surface area contributed by atoms with Crippen molar-refractivity contribution in [3.05, 3.63) is 47.8 Å². The lowest BCUT2D eigenvalue weighted by atomic mass is 10.1. The summed E-state index contributed by atoms with van der Waals surface area (Å²) in [4.78, 5) is 16.8. The number of benzene rings is 1. The van der Waals surface area contributed by atoms with Gasteiger partial charge in [0.2, 0.25) is 0 Å². The fraction of sp³-hybridized carbons (Fsp3) is 0.444. The molecule has 24 heavy (non-hydrogen) atoms. The molecule has 5 nitrogen and oxygen atoms in total. The zero-order chi connectivity index (χ0) is 16.9. The van der Waals surface area contributed by atoms with E-state index >= 15 is 0 Å². The predicted molar refractivity (Wildman–Crippen MR) is 95.1 cm³/mol. The number of nitrogens with zero attached hydrogens (tertiary/aromatic N) is 2. The molecule has 2 atom stereocenters. The quantitative estimate of drug-likeness (QED) is 0.818. The molecule has 0 unspecified atom stereocenters. The maximum absolute atomic E-state index is 12.5. The molecule has 128 valence electrons. The molecule has 6 heteroatoms. The molecular formula is C18H23N3O2S. The van der Waals surface area contributed by atoms with Gasteiger partial charge in [-0.05, 0) is 37.5 Å². The number of aryl methyl sites for hydroxylation is 1. The summed E-state index contributed by atoms with van der Waals surface area (Å²) in [5.41, 5.74) is 1.80. The number of carbonyl (C=O) groups excluding carboxylic acids is 1. The van der Waals surface area contributed by atoms with Crippen LogP contribution in [0.4, 0.5) is 0 Å². The van der Waals surface area contributed by atoms with Gasteiger partial charge in [-0.1, -0.05) is 23.9 Å². The average Bonchev–Trinajstić information content (AvgIpc) is 3.25. The van der Waals surface area contributed by atoms with E-state index in [0.29, 0.717) is 5.56 Å². The number of imidazole rings is 1. The predicted octanol–water partition coefficient (Wildman–Crippen LogP) is 3.01. The van der Waals surface area contributed by atoms with Crippen LogP contribution in [0.15, 0.2) is 41.8 Å². The molecule has 1 amide bonds. The van der Waals surface area contributed by atoms with Gasteiger partial charge in [0.1, 0.15) is 0 Å². The van der Waals surface area contributed by atoms with Crippen LogP contribution in [0.25, 0.3) is 0 Å². The van der Waals surface area contributed by atoms with E-state index in [-0.39, 0.29) is 18.1 Å². The molecule has 1 aromatic carbocycles. The Hall–Kier alpha value is -1.79. The Bertz CT molecular complexity index is 695. The number of hydrogen-bond acceptors (Lipinski definition) is 4. The van der Waals surface area contributed by atoms with Gasteiger partial charge >= 0.3 is 0 Å². The molecule has 0 aliphatic carbocycles. The second-order valence-corrected chi connectivity index (χ2v) is 7.07. The molecule has 0 saturated carbocycles. The van der Waals surface area contributed by atoms with E-state index in [2.05, 4.69) is 10.3 Å². The van der Waals surface area contributed by atoms with E-state index in [4.69, 9.17) is 4.74 Å². The van der Waals surface area contributed by atoms with Crippen molar-refractivity contribution in [1.82, 2.24) is 14.9 Å². The number of aromatic nitrogens is 2. The number of nitrogens with one attached hydrogen (secondary N) is 1. The van der Waals surface area contributed by atoms with Crippen molar-refractivity contribution in [3.63, 3.8) is 0 Å². The van der Waals surface area contributed by atoms with Crippen molar-refractivity contribution >= 4 is 17.7 Å². The maximum Gasteiger partial charge on any atom is 0.251 e. The molecule has 1 N–H and O–H groups in total. The van der Waals surface area contributed by atoms with Crippen molar-refractivity contribution in [2.45, 2.75) is 42.8 Å². The fourth-order valence-corrected chi connectivity index (χ4v) is 3.70. The topological polar surface area (TPSA) is 56.2 Å². The Kier molecular flexibility index (Phi) is 5.58. The molecular weight excluding hydrogens is 322 g/mol.